The van der Waals surface area contributed by atoms with Crippen molar-refractivity contribution in [3.05, 3.63) is 23.8 Å². The summed E-state index contributed by atoms with van der Waals surface area (Å²) in [5.41, 5.74) is 2.89. The summed E-state index contributed by atoms with van der Waals surface area (Å²) in [5.74, 6) is 0.932. The van der Waals surface area contributed by atoms with Crippen molar-refractivity contribution in [2.45, 2.75) is 46.7 Å². The molecule has 0 saturated carbocycles. The predicted molar refractivity (Wildman–Crippen MR) is 85.8 cm³/mol. The van der Waals surface area contributed by atoms with E-state index in [2.05, 4.69) is 63.0 Å². The van der Waals surface area contributed by atoms with Crippen LogP contribution in [0.1, 0.15) is 33.3 Å². The lowest BCUT2D eigenvalue weighted by atomic mass is 9.84. The van der Waals surface area contributed by atoms with Gasteiger partial charge >= 0.3 is 0 Å². The molecule has 1 aromatic carbocycles. The number of aryl methyl sites for hydroxylation is 1. The van der Waals surface area contributed by atoms with E-state index in [1.54, 1.807) is 7.11 Å². The van der Waals surface area contributed by atoms with E-state index in [-0.39, 0.29) is 5.41 Å². The molecular formula is C17H28N2O. The molecule has 0 aliphatic carbocycles. The maximum absolute atomic E-state index is 5.31. The first-order valence-electron chi connectivity index (χ1n) is 7.47. The molecule has 3 heteroatoms. The highest BCUT2D eigenvalue weighted by atomic mass is 16.5. The average Bonchev–Trinajstić information content (AvgIpc) is 2.38. The minimum atomic E-state index is 0.277. The van der Waals surface area contributed by atoms with Gasteiger partial charge in [-0.3, -0.25) is 0 Å². The highest BCUT2D eigenvalue weighted by molar-refractivity contribution is 5.57. The Bertz CT molecular complexity index is 465. The zero-order valence-corrected chi connectivity index (χ0v) is 13.7. The SMILES string of the molecule is COc1ccc(N2CC(C(C)(C)C)NCC2C)c(C)c1. The highest BCUT2D eigenvalue weighted by Gasteiger charge is 2.32. The van der Waals surface area contributed by atoms with Gasteiger partial charge in [0.15, 0.2) is 0 Å². The van der Waals surface area contributed by atoms with Crippen molar-refractivity contribution >= 4 is 5.69 Å². The van der Waals surface area contributed by atoms with Crippen molar-refractivity contribution in [2.75, 3.05) is 25.1 Å². The van der Waals surface area contributed by atoms with Crippen molar-refractivity contribution in [1.82, 2.24) is 5.32 Å². The Morgan fingerprint density at radius 1 is 1.30 bits per heavy atom. The molecule has 0 aromatic heterocycles. The summed E-state index contributed by atoms with van der Waals surface area (Å²) in [6.07, 6.45) is 0. The van der Waals surface area contributed by atoms with E-state index in [0.717, 1.165) is 18.8 Å². The number of methoxy groups -OCH3 is 1. The largest absolute Gasteiger partial charge is 0.497 e. The van der Waals surface area contributed by atoms with E-state index in [1.165, 1.54) is 11.3 Å². The summed E-state index contributed by atoms with van der Waals surface area (Å²) < 4.78 is 5.31. The molecule has 1 aliphatic heterocycles. The van der Waals surface area contributed by atoms with Gasteiger partial charge in [0.2, 0.25) is 0 Å². The second kappa shape index (κ2) is 5.65. The van der Waals surface area contributed by atoms with Crippen LogP contribution in [0.25, 0.3) is 0 Å². The number of nitrogens with zero attached hydrogens (tertiary/aromatic N) is 1. The van der Waals surface area contributed by atoms with Crippen LogP contribution in [-0.2, 0) is 0 Å². The van der Waals surface area contributed by atoms with Gasteiger partial charge in [0.25, 0.3) is 0 Å². The number of piperazine rings is 1. The molecule has 0 amide bonds. The maximum Gasteiger partial charge on any atom is 0.119 e. The molecule has 0 spiro atoms. The topological polar surface area (TPSA) is 24.5 Å². The molecular weight excluding hydrogens is 248 g/mol. The normalized spacial score (nSPS) is 23.8. The van der Waals surface area contributed by atoms with Gasteiger partial charge in [-0.1, -0.05) is 20.8 Å². The van der Waals surface area contributed by atoms with Gasteiger partial charge in [-0.05, 0) is 43.0 Å². The number of hydrogen-bond acceptors (Lipinski definition) is 3. The molecule has 0 radical (unpaired) electrons. The number of ether oxygens (including phenoxy) is 1. The summed E-state index contributed by atoms with van der Waals surface area (Å²) in [6, 6.07) is 7.40. The Morgan fingerprint density at radius 2 is 2.00 bits per heavy atom. The van der Waals surface area contributed by atoms with Crippen LogP contribution >= 0.6 is 0 Å². The van der Waals surface area contributed by atoms with E-state index in [1.807, 2.05) is 0 Å². The molecule has 2 atom stereocenters. The standard InChI is InChI=1S/C17H28N2O/c1-12-9-14(20-6)7-8-15(12)19-11-16(17(3,4)5)18-10-13(19)2/h7-9,13,16,18H,10-11H2,1-6H3. The Morgan fingerprint density at radius 3 is 2.55 bits per heavy atom. The van der Waals surface area contributed by atoms with Gasteiger partial charge in [0.1, 0.15) is 5.75 Å². The smallest absolute Gasteiger partial charge is 0.119 e. The monoisotopic (exact) mass is 276 g/mol. The fraction of sp³-hybridized carbons (Fsp3) is 0.647. The lowest BCUT2D eigenvalue weighted by Gasteiger charge is -2.45. The summed E-state index contributed by atoms with van der Waals surface area (Å²) in [4.78, 5) is 2.53. The van der Waals surface area contributed by atoms with E-state index in [4.69, 9.17) is 4.74 Å². The molecule has 112 valence electrons. The second-order valence-electron chi connectivity index (χ2n) is 6.98. The molecule has 1 aromatic rings. The van der Waals surface area contributed by atoms with Crippen molar-refractivity contribution < 1.29 is 4.74 Å². The zero-order chi connectivity index (χ0) is 14.9. The molecule has 3 nitrogen and oxygen atoms in total. The van der Waals surface area contributed by atoms with Crippen LogP contribution in [-0.4, -0.2) is 32.3 Å². The zero-order valence-electron chi connectivity index (χ0n) is 13.7. The lowest BCUT2D eigenvalue weighted by Crippen LogP contribution is -2.59. The highest BCUT2D eigenvalue weighted by Crippen LogP contribution is 2.30. The van der Waals surface area contributed by atoms with Gasteiger partial charge in [0.05, 0.1) is 7.11 Å². The Kier molecular flexibility index (Phi) is 4.28. The van der Waals surface area contributed by atoms with Crippen LogP contribution in [0.2, 0.25) is 0 Å². The summed E-state index contributed by atoms with van der Waals surface area (Å²) in [5, 5.41) is 3.68. The van der Waals surface area contributed by atoms with Crippen LogP contribution in [0.4, 0.5) is 5.69 Å². The summed E-state index contributed by atoms with van der Waals surface area (Å²) in [7, 11) is 1.72. The Balaban J connectivity index is 2.25. The number of anilines is 1. The Hall–Kier alpha value is -1.22. The minimum Gasteiger partial charge on any atom is -0.497 e. The predicted octanol–water partition coefficient (Wildman–Crippen LogP) is 3.22. The number of nitrogens with one attached hydrogen (secondary N) is 1. The van der Waals surface area contributed by atoms with Gasteiger partial charge in [0, 0.05) is 30.9 Å². The third kappa shape index (κ3) is 3.09. The first kappa shape index (κ1) is 15.2. The molecule has 0 bridgehead atoms. The van der Waals surface area contributed by atoms with Crippen LogP contribution in [0.5, 0.6) is 5.75 Å². The van der Waals surface area contributed by atoms with Crippen LogP contribution < -0.4 is 15.0 Å². The van der Waals surface area contributed by atoms with Crippen LogP contribution in [0.3, 0.4) is 0 Å². The van der Waals surface area contributed by atoms with Crippen LogP contribution in [0.15, 0.2) is 18.2 Å². The van der Waals surface area contributed by atoms with E-state index >= 15 is 0 Å². The number of benzene rings is 1. The maximum atomic E-state index is 5.31. The number of rotatable bonds is 2. The van der Waals surface area contributed by atoms with Crippen molar-refractivity contribution in [2.24, 2.45) is 5.41 Å². The average molecular weight is 276 g/mol. The van der Waals surface area contributed by atoms with Crippen LogP contribution in [0, 0.1) is 12.3 Å². The molecule has 1 saturated heterocycles. The van der Waals surface area contributed by atoms with E-state index in [0.29, 0.717) is 12.1 Å². The van der Waals surface area contributed by atoms with Gasteiger partial charge in [-0.2, -0.15) is 0 Å². The fourth-order valence-electron chi connectivity index (χ4n) is 2.86. The van der Waals surface area contributed by atoms with Crippen molar-refractivity contribution in [3.63, 3.8) is 0 Å². The summed E-state index contributed by atoms with van der Waals surface area (Å²) >= 11 is 0. The third-order valence-corrected chi connectivity index (χ3v) is 4.33. The van der Waals surface area contributed by atoms with Gasteiger partial charge < -0.3 is 15.0 Å². The first-order chi connectivity index (χ1) is 9.32. The third-order valence-electron chi connectivity index (χ3n) is 4.33. The molecule has 20 heavy (non-hydrogen) atoms. The first-order valence-corrected chi connectivity index (χ1v) is 7.47. The van der Waals surface area contributed by atoms with E-state index < -0.39 is 0 Å². The van der Waals surface area contributed by atoms with E-state index in [9.17, 15) is 0 Å². The minimum absolute atomic E-state index is 0.277. The second-order valence-corrected chi connectivity index (χ2v) is 6.98. The lowest BCUT2D eigenvalue weighted by molar-refractivity contribution is 0.239. The van der Waals surface area contributed by atoms with Gasteiger partial charge in [-0.15, -0.1) is 0 Å². The molecule has 1 heterocycles. The fourth-order valence-corrected chi connectivity index (χ4v) is 2.86. The van der Waals surface area contributed by atoms with Gasteiger partial charge in [-0.25, -0.2) is 0 Å². The number of hydrogen-bond donors (Lipinski definition) is 1. The molecule has 2 rings (SSSR count). The molecule has 1 N–H and O–H groups in total. The summed E-state index contributed by atoms with van der Waals surface area (Å²) in [6.45, 7) is 13.5. The van der Waals surface area contributed by atoms with Crippen molar-refractivity contribution in [1.29, 1.82) is 0 Å². The molecule has 1 fully saturated rings. The molecule has 2 unspecified atom stereocenters. The van der Waals surface area contributed by atoms with Crippen molar-refractivity contribution in [3.8, 4) is 5.75 Å². The quantitative estimate of drug-likeness (QED) is 0.897. The Labute approximate surface area is 123 Å². The molecule has 1 aliphatic rings.